The van der Waals surface area contributed by atoms with Crippen LogP contribution in [0.3, 0.4) is 0 Å². The molecule has 3 N–H and O–H groups in total. The Morgan fingerprint density at radius 2 is 1.50 bits per heavy atom. The third kappa shape index (κ3) is 6.16. The van der Waals surface area contributed by atoms with Crippen LogP contribution in [0.1, 0.15) is 53.1 Å². The highest BCUT2D eigenvalue weighted by Crippen LogP contribution is 2.30. The van der Waals surface area contributed by atoms with Crippen LogP contribution in [0.25, 0.3) is 0 Å². The fraction of sp³-hybridized carbons (Fsp3) is 0.200. The topological polar surface area (TPSA) is 113 Å². The molecule has 3 aromatic carbocycles. The molecule has 1 unspecified atom stereocenters. The van der Waals surface area contributed by atoms with Gasteiger partial charge in [-0.3, -0.25) is 19.7 Å². The van der Waals surface area contributed by atoms with Crippen LogP contribution in [0.5, 0.6) is 0 Å². The summed E-state index contributed by atoms with van der Waals surface area (Å²) in [5.74, 6) is -1.16. The Morgan fingerprint density at radius 3 is 2.09 bits per heavy atom. The molecule has 3 aromatic rings. The van der Waals surface area contributed by atoms with E-state index in [-0.39, 0.29) is 40.8 Å². The van der Waals surface area contributed by atoms with Crippen molar-refractivity contribution in [3.05, 3.63) is 99.4 Å². The number of carbonyl (C=O) groups is 2. The Balaban J connectivity index is 1.70. The van der Waals surface area contributed by atoms with Gasteiger partial charge < -0.3 is 16.0 Å². The number of nitrogens with zero attached hydrogens (tertiary/aromatic N) is 1. The molecule has 3 rings (SSSR count). The molecule has 0 aliphatic carbocycles. The number of anilines is 2. The second-order valence-corrected chi connectivity index (χ2v) is 8.07. The molecule has 8 nitrogen and oxygen atoms in total. The maximum atomic E-state index is 13.0. The fourth-order valence-electron chi connectivity index (χ4n) is 3.27. The van der Waals surface area contributed by atoms with E-state index in [2.05, 4.69) is 16.0 Å². The number of benzene rings is 3. The Hall–Kier alpha value is -4.27. The molecule has 0 aliphatic rings. The van der Waals surface area contributed by atoms with Crippen LogP contribution in [-0.2, 0) is 0 Å². The second-order valence-electron chi connectivity index (χ2n) is 8.07. The normalized spacial score (nSPS) is 11.6. The number of carbonyl (C=O) groups excluding carboxylic acids is 2. The van der Waals surface area contributed by atoms with Gasteiger partial charge in [-0.15, -0.1) is 0 Å². The van der Waals surface area contributed by atoms with Crippen molar-refractivity contribution < 1.29 is 18.9 Å². The summed E-state index contributed by atoms with van der Waals surface area (Å²) < 4.78 is 13.0. The molecule has 34 heavy (non-hydrogen) atoms. The second kappa shape index (κ2) is 10.6. The van der Waals surface area contributed by atoms with Gasteiger partial charge in [-0.1, -0.05) is 12.1 Å². The first-order chi connectivity index (χ1) is 16.1. The minimum Gasteiger partial charge on any atom is -0.373 e. The van der Waals surface area contributed by atoms with E-state index in [9.17, 15) is 24.1 Å². The van der Waals surface area contributed by atoms with Gasteiger partial charge >= 0.3 is 0 Å². The van der Waals surface area contributed by atoms with E-state index in [1.807, 2.05) is 20.8 Å². The van der Waals surface area contributed by atoms with Crippen molar-refractivity contribution >= 4 is 28.9 Å². The first-order valence-corrected chi connectivity index (χ1v) is 10.7. The van der Waals surface area contributed by atoms with Gasteiger partial charge in [0.05, 0.1) is 4.92 Å². The van der Waals surface area contributed by atoms with Crippen LogP contribution in [-0.4, -0.2) is 22.8 Å². The number of nitro benzene ring substituents is 1. The number of nitrogens with one attached hydrogen (secondary N) is 3. The van der Waals surface area contributed by atoms with Gasteiger partial charge in [-0.05, 0) is 74.9 Å². The summed E-state index contributed by atoms with van der Waals surface area (Å²) in [6, 6.07) is 16.1. The van der Waals surface area contributed by atoms with Gasteiger partial charge in [0.25, 0.3) is 17.5 Å². The molecule has 0 bridgehead atoms. The van der Waals surface area contributed by atoms with Crippen LogP contribution in [0, 0.1) is 15.9 Å². The number of amides is 2. The zero-order chi connectivity index (χ0) is 24.8. The first-order valence-electron chi connectivity index (χ1n) is 10.7. The third-order valence-electron chi connectivity index (χ3n) is 5.02. The van der Waals surface area contributed by atoms with Gasteiger partial charge in [0, 0.05) is 35.0 Å². The SMILES string of the molecule is CC(C)NC(=O)c1ccc(NC(C)c2ccc(NC(=O)c3ccc(F)cc3)cc2)c([N+](=O)[O-])c1. The molecule has 2 amide bonds. The van der Waals surface area contributed by atoms with Crippen LogP contribution >= 0.6 is 0 Å². The molecule has 0 spiro atoms. The maximum absolute atomic E-state index is 13.0. The number of rotatable bonds is 8. The quantitative estimate of drug-likeness (QED) is 0.309. The Morgan fingerprint density at radius 1 is 0.882 bits per heavy atom. The zero-order valence-electron chi connectivity index (χ0n) is 19.0. The van der Waals surface area contributed by atoms with Crippen molar-refractivity contribution in [2.45, 2.75) is 32.9 Å². The Bertz CT molecular complexity index is 1190. The number of hydrogen-bond donors (Lipinski definition) is 3. The smallest absolute Gasteiger partial charge is 0.293 e. The average molecular weight is 464 g/mol. The molecular weight excluding hydrogens is 439 g/mol. The molecule has 0 aliphatic heterocycles. The zero-order valence-corrected chi connectivity index (χ0v) is 19.0. The van der Waals surface area contributed by atoms with E-state index in [4.69, 9.17) is 0 Å². The predicted molar refractivity (Wildman–Crippen MR) is 129 cm³/mol. The molecule has 9 heteroatoms. The lowest BCUT2D eigenvalue weighted by Crippen LogP contribution is -2.30. The summed E-state index contributed by atoms with van der Waals surface area (Å²) in [7, 11) is 0. The number of halogens is 1. The van der Waals surface area contributed by atoms with Gasteiger partial charge in [0.2, 0.25) is 0 Å². The predicted octanol–water partition coefficient (Wildman–Crippen LogP) is 5.30. The minimum atomic E-state index is -0.532. The Kier molecular flexibility index (Phi) is 7.57. The molecule has 0 aromatic heterocycles. The third-order valence-corrected chi connectivity index (χ3v) is 5.02. The fourth-order valence-corrected chi connectivity index (χ4v) is 3.27. The van der Waals surface area contributed by atoms with Crippen molar-refractivity contribution in [2.24, 2.45) is 0 Å². The highest BCUT2D eigenvalue weighted by Gasteiger charge is 2.20. The standard InChI is InChI=1S/C25H25FN4O4/c1-15(2)27-25(32)19-8-13-22(23(14-19)30(33)34)28-16(3)17-6-11-21(12-7-17)29-24(31)18-4-9-20(26)10-5-18/h4-16,28H,1-3H3,(H,27,32)(H,29,31). The lowest BCUT2D eigenvalue weighted by Gasteiger charge is -2.17. The van der Waals surface area contributed by atoms with E-state index in [0.29, 0.717) is 11.3 Å². The number of nitro groups is 1. The summed E-state index contributed by atoms with van der Waals surface area (Å²) in [4.78, 5) is 35.5. The molecule has 0 heterocycles. The van der Waals surface area contributed by atoms with Crippen LogP contribution in [0.4, 0.5) is 21.5 Å². The van der Waals surface area contributed by atoms with E-state index >= 15 is 0 Å². The largest absolute Gasteiger partial charge is 0.373 e. The van der Waals surface area contributed by atoms with Crippen LogP contribution < -0.4 is 16.0 Å². The van der Waals surface area contributed by atoms with Crippen molar-refractivity contribution in [1.82, 2.24) is 5.32 Å². The van der Waals surface area contributed by atoms with Gasteiger partial charge in [-0.2, -0.15) is 0 Å². The van der Waals surface area contributed by atoms with Crippen molar-refractivity contribution in [1.29, 1.82) is 0 Å². The average Bonchev–Trinajstić information content (AvgIpc) is 2.79. The monoisotopic (exact) mass is 464 g/mol. The lowest BCUT2D eigenvalue weighted by molar-refractivity contribution is -0.384. The lowest BCUT2D eigenvalue weighted by atomic mass is 10.1. The molecule has 0 saturated carbocycles. The highest BCUT2D eigenvalue weighted by atomic mass is 19.1. The molecule has 0 radical (unpaired) electrons. The van der Waals surface area contributed by atoms with Crippen LogP contribution in [0.2, 0.25) is 0 Å². The summed E-state index contributed by atoms with van der Waals surface area (Å²) in [6.45, 7) is 5.46. The highest BCUT2D eigenvalue weighted by molar-refractivity contribution is 6.04. The van der Waals surface area contributed by atoms with Gasteiger partial charge in [0.1, 0.15) is 11.5 Å². The Labute approximate surface area is 196 Å². The minimum absolute atomic E-state index is 0.0900. The van der Waals surface area contributed by atoms with Crippen molar-refractivity contribution in [3.8, 4) is 0 Å². The van der Waals surface area contributed by atoms with Crippen LogP contribution in [0.15, 0.2) is 66.7 Å². The molecule has 176 valence electrons. The summed E-state index contributed by atoms with van der Waals surface area (Å²) >= 11 is 0. The number of hydrogen-bond acceptors (Lipinski definition) is 5. The molecule has 0 saturated heterocycles. The summed E-state index contributed by atoms with van der Waals surface area (Å²) in [5, 5.41) is 20.2. The molecule has 0 fully saturated rings. The summed E-state index contributed by atoms with van der Waals surface area (Å²) in [6.07, 6.45) is 0. The molecule has 1 atom stereocenters. The van der Waals surface area contributed by atoms with Crippen molar-refractivity contribution in [3.63, 3.8) is 0 Å². The van der Waals surface area contributed by atoms with Crippen molar-refractivity contribution in [2.75, 3.05) is 10.6 Å². The summed E-state index contributed by atoms with van der Waals surface area (Å²) in [5.41, 5.74) is 2.00. The van der Waals surface area contributed by atoms with E-state index in [0.717, 1.165) is 5.56 Å². The van der Waals surface area contributed by atoms with E-state index in [1.54, 1.807) is 24.3 Å². The van der Waals surface area contributed by atoms with Gasteiger partial charge in [0.15, 0.2) is 0 Å². The maximum Gasteiger partial charge on any atom is 0.293 e. The molecular formula is C25H25FN4O4. The van der Waals surface area contributed by atoms with E-state index in [1.165, 1.54) is 42.5 Å². The van der Waals surface area contributed by atoms with E-state index < -0.39 is 10.7 Å². The first kappa shape index (κ1) is 24.4. The van der Waals surface area contributed by atoms with Gasteiger partial charge in [-0.25, -0.2) is 4.39 Å².